The van der Waals surface area contributed by atoms with Crippen molar-refractivity contribution < 1.29 is 13.2 Å². The van der Waals surface area contributed by atoms with E-state index in [1.807, 2.05) is 24.3 Å². The number of aromatic nitrogens is 2. The minimum Gasteiger partial charge on any atom is -0.371 e. The van der Waals surface area contributed by atoms with E-state index in [2.05, 4.69) is 32.1 Å². The van der Waals surface area contributed by atoms with Gasteiger partial charge in [-0.1, -0.05) is 53.6 Å². The molecule has 0 saturated carbocycles. The van der Waals surface area contributed by atoms with Crippen LogP contribution in [-0.2, 0) is 16.6 Å². The molecule has 12 heteroatoms. The number of carbonyl (C=O) groups excluding carboxylic acids is 1. The Morgan fingerprint density at radius 1 is 1.18 bits per heavy atom. The van der Waals surface area contributed by atoms with E-state index >= 15 is 0 Å². The van der Waals surface area contributed by atoms with Crippen molar-refractivity contribution >= 4 is 61.3 Å². The molecule has 8 nitrogen and oxygen atoms in total. The topological polar surface area (TPSA) is 104 Å². The fourth-order valence-electron chi connectivity index (χ4n) is 3.70. The Labute approximate surface area is 212 Å². The summed E-state index contributed by atoms with van der Waals surface area (Å²) in [4.78, 5) is 14.8. The van der Waals surface area contributed by atoms with Gasteiger partial charge in [0, 0.05) is 30.3 Å². The molecule has 34 heavy (non-hydrogen) atoms. The zero-order chi connectivity index (χ0) is 24.3. The van der Waals surface area contributed by atoms with Crippen LogP contribution in [0.1, 0.15) is 35.7 Å². The number of anilines is 2. The predicted molar refractivity (Wildman–Crippen MR) is 135 cm³/mol. The molecule has 3 aromatic rings. The standard InChI is InChI=1S/C22H23Cl2N5O3S2/c1-14-3-2-10-29(13-14)17-7-4-15(5-8-17)12-25-34(31,32)22-28-27-21(33-22)26-20(30)18-9-6-16(23)11-19(18)24/h4-9,11,14,25H,2-3,10,12-13H2,1H3,(H,26,27,30)/t14-/m0/s1. The van der Waals surface area contributed by atoms with Gasteiger partial charge in [0.25, 0.3) is 15.9 Å². The molecule has 2 aromatic carbocycles. The second-order valence-corrected chi connectivity index (χ2v) is 11.9. The Morgan fingerprint density at radius 3 is 2.65 bits per heavy atom. The highest BCUT2D eigenvalue weighted by Gasteiger charge is 2.22. The summed E-state index contributed by atoms with van der Waals surface area (Å²) in [6.07, 6.45) is 2.43. The fourth-order valence-corrected chi connectivity index (χ4v) is 6.14. The van der Waals surface area contributed by atoms with Gasteiger partial charge in [-0.05, 0) is 54.7 Å². The molecule has 0 aliphatic carbocycles. The average Bonchev–Trinajstić information content (AvgIpc) is 3.27. The van der Waals surface area contributed by atoms with Gasteiger partial charge in [-0.15, -0.1) is 10.2 Å². The summed E-state index contributed by atoms with van der Waals surface area (Å²) in [5.41, 5.74) is 2.16. The molecule has 0 unspecified atom stereocenters. The Balaban J connectivity index is 1.36. The smallest absolute Gasteiger partial charge is 0.270 e. The summed E-state index contributed by atoms with van der Waals surface area (Å²) in [5, 5.41) is 10.6. The second-order valence-electron chi connectivity index (χ2n) is 8.14. The normalized spacial score (nSPS) is 16.4. The van der Waals surface area contributed by atoms with Gasteiger partial charge < -0.3 is 4.90 Å². The van der Waals surface area contributed by atoms with Gasteiger partial charge in [0.2, 0.25) is 9.47 Å². The van der Waals surface area contributed by atoms with Gasteiger partial charge in [-0.2, -0.15) is 0 Å². The van der Waals surface area contributed by atoms with Crippen LogP contribution in [0.3, 0.4) is 0 Å². The molecular formula is C22H23Cl2N5O3S2. The molecule has 1 fully saturated rings. The first-order valence-electron chi connectivity index (χ1n) is 10.6. The van der Waals surface area contributed by atoms with Crippen LogP contribution < -0.4 is 14.9 Å². The van der Waals surface area contributed by atoms with E-state index in [-0.39, 0.29) is 26.6 Å². The molecule has 0 bridgehead atoms. The van der Waals surface area contributed by atoms with E-state index in [1.165, 1.54) is 31.0 Å². The summed E-state index contributed by atoms with van der Waals surface area (Å²) >= 11 is 12.6. The Morgan fingerprint density at radius 2 is 1.94 bits per heavy atom. The average molecular weight is 540 g/mol. The van der Waals surface area contributed by atoms with Crippen molar-refractivity contribution in [1.29, 1.82) is 0 Å². The lowest BCUT2D eigenvalue weighted by atomic mass is 9.99. The summed E-state index contributed by atoms with van der Waals surface area (Å²) in [7, 11) is -3.90. The Kier molecular flexibility index (Phi) is 7.73. The highest BCUT2D eigenvalue weighted by atomic mass is 35.5. The molecule has 1 aliphatic heterocycles. The molecule has 1 atom stereocenters. The summed E-state index contributed by atoms with van der Waals surface area (Å²) < 4.78 is 27.6. The number of hydrogen-bond acceptors (Lipinski definition) is 7. The van der Waals surface area contributed by atoms with Gasteiger partial charge in [0.15, 0.2) is 0 Å². The number of hydrogen-bond donors (Lipinski definition) is 2. The minimum absolute atomic E-state index is 0.0384. The van der Waals surface area contributed by atoms with Crippen LogP contribution in [0.15, 0.2) is 46.8 Å². The molecule has 1 aromatic heterocycles. The van der Waals surface area contributed by atoms with Crippen molar-refractivity contribution in [2.45, 2.75) is 30.6 Å². The molecule has 0 radical (unpaired) electrons. The highest BCUT2D eigenvalue weighted by Crippen LogP contribution is 2.25. The highest BCUT2D eigenvalue weighted by molar-refractivity contribution is 7.91. The van der Waals surface area contributed by atoms with Crippen molar-refractivity contribution in [2.75, 3.05) is 23.3 Å². The molecule has 4 rings (SSSR count). The van der Waals surface area contributed by atoms with E-state index in [9.17, 15) is 13.2 Å². The van der Waals surface area contributed by atoms with E-state index in [0.717, 1.165) is 35.7 Å². The first kappa shape index (κ1) is 24.9. The van der Waals surface area contributed by atoms with E-state index in [1.54, 1.807) is 0 Å². The minimum atomic E-state index is -3.90. The van der Waals surface area contributed by atoms with Crippen molar-refractivity contribution in [2.24, 2.45) is 5.92 Å². The first-order valence-corrected chi connectivity index (χ1v) is 13.7. The quantitative estimate of drug-likeness (QED) is 0.417. The van der Waals surface area contributed by atoms with Gasteiger partial charge in [0.05, 0.1) is 10.6 Å². The SMILES string of the molecule is C[C@H]1CCCN(c2ccc(CNS(=O)(=O)c3nnc(NC(=O)c4ccc(Cl)cc4Cl)s3)cc2)C1. The molecule has 180 valence electrons. The maximum Gasteiger partial charge on any atom is 0.270 e. The largest absolute Gasteiger partial charge is 0.371 e. The lowest BCUT2D eigenvalue weighted by Crippen LogP contribution is -2.34. The number of nitrogens with one attached hydrogen (secondary N) is 2. The van der Waals surface area contributed by atoms with Crippen molar-refractivity contribution in [1.82, 2.24) is 14.9 Å². The fraction of sp³-hybridized carbons (Fsp3) is 0.318. The van der Waals surface area contributed by atoms with E-state index in [4.69, 9.17) is 23.2 Å². The number of halogens is 2. The van der Waals surface area contributed by atoms with Crippen LogP contribution in [-0.4, -0.2) is 37.6 Å². The van der Waals surface area contributed by atoms with Crippen LogP contribution in [0.2, 0.25) is 10.0 Å². The monoisotopic (exact) mass is 539 g/mol. The molecule has 1 aliphatic rings. The van der Waals surface area contributed by atoms with Crippen LogP contribution in [0.25, 0.3) is 0 Å². The Hall–Kier alpha value is -2.24. The number of nitrogens with zero attached hydrogens (tertiary/aromatic N) is 3. The van der Waals surface area contributed by atoms with Crippen molar-refractivity contribution in [3.05, 3.63) is 63.6 Å². The van der Waals surface area contributed by atoms with Crippen LogP contribution >= 0.6 is 34.5 Å². The molecule has 1 amide bonds. The predicted octanol–water partition coefficient (Wildman–Crippen LogP) is 4.81. The number of amides is 1. The van der Waals surface area contributed by atoms with E-state index < -0.39 is 15.9 Å². The summed E-state index contributed by atoms with van der Waals surface area (Å²) in [6.45, 7) is 4.44. The molecule has 1 saturated heterocycles. The van der Waals surface area contributed by atoms with Crippen LogP contribution in [0, 0.1) is 5.92 Å². The van der Waals surface area contributed by atoms with Gasteiger partial charge >= 0.3 is 0 Å². The Bertz CT molecular complexity index is 1280. The van der Waals surface area contributed by atoms with Crippen LogP contribution in [0.4, 0.5) is 10.8 Å². The number of piperidine rings is 1. The van der Waals surface area contributed by atoms with Gasteiger partial charge in [-0.25, -0.2) is 13.1 Å². The zero-order valence-corrected chi connectivity index (χ0v) is 21.4. The van der Waals surface area contributed by atoms with Crippen molar-refractivity contribution in [3.8, 4) is 0 Å². The number of rotatable bonds is 7. The molecule has 2 heterocycles. The van der Waals surface area contributed by atoms with Gasteiger partial charge in [-0.3, -0.25) is 10.1 Å². The molecular weight excluding hydrogens is 517 g/mol. The lowest BCUT2D eigenvalue weighted by Gasteiger charge is -2.32. The number of carbonyl (C=O) groups is 1. The third-order valence-corrected chi connectivity index (χ3v) is 8.61. The third-order valence-electron chi connectivity index (χ3n) is 5.46. The zero-order valence-electron chi connectivity index (χ0n) is 18.3. The summed E-state index contributed by atoms with van der Waals surface area (Å²) in [5.74, 6) is 0.128. The third kappa shape index (κ3) is 6.05. The molecule has 0 spiro atoms. The van der Waals surface area contributed by atoms with E-state index in [0.29, 0.717) is 10.9 Å². The van der Waals surface area contributed by atoms with Crippen molar-refractivity contribution in [3.63, 3.8) is 0 Å². The second kappa shape index (κ2) is 10.6. The molecule has 2 N–H and O–H groups in total. The summed E-state index contributed by atoms with van der Waals surface area (Å²) in [6, 6.07) is 12.3. The van der Waals surface area contributed by atoms with Crippen LogP contribution in [0.5, 0.6) is 0 Å². The maximum atomic E-state index is 12.7. The van der Waals surface area contributed by atoms with Gasteiger partial charge in [0.1, 0.15) is 0 Å². The maximum absolute atomic E-state index is 12.7. The number of sulfonamides is 1. The first-order chi connectivity index (χ1) is 16.2. The lowest BCUT2D eigenvalue weighted by molar-refractivity contribution is 0.102. The number of benzene rings is 2.